The van der Waals surface area contributed by atoms with Crippen molar-refractivity contribution in [2.45, 2.75) is 19.4 Å². The zero-order valence-electron chi connectivity index (χ0n) is 11.2. The van der Waals surface area contributed by atoms with Gasteiger partial charge in [0, 0.05) is 51.3 Å². The lowest BCUT2D eigenvalue weighted by Crippen LogP contribution is -2.29. The van der Waals surface area contributed by atoms with Gasteiger partial charge in [0.1, 0.15) is 0 Å². The van der Waals surface area contributed by atoms with Gasteiger partial charge in [-0.3, -0.25) is 9.78 Å². The molecule has 19 heavy (non-hydrogen) atoms. The van der Waals surface area contributed by atoms with E-state index >= 15 is 0 Å². The van der Waals surface area contributed by atoms with Crippen molar-refractivity contribution in [3.63, 3.8) is 0 Å². The van der Waals surface area contributed by atoms with Crippen LogP contribution < -0.4 is 0 Å². The lowest BCUT2D eigenvalue weighted by molar-refractivity contribution is -0.130. The predicted molar refractivity (Wildman–Crippen MR) is 74.6 cm³/mol. The number of hydrogen-bond donors (Lipinski definition) is 0. The monoisotopic (exact) mass is 257 g/mol. The summed E-state index contributed by atoms with van der Waals surface area (Å²) in [4.78, 5) is 17.7. The lowest BCUT2D eigenvalue weighted by Gasteiger charge is -2.17. The first-order valence-corrected chi connectivity index (χ1v) is 6.49. The lowest BCUT2D eigenvalue weighted by atomic mass is 10.2. The normalized spacial score (nSPS) is 10.4. The highest BCUT2D eigenvalue weighted by atomic mass is 16.2. The maximum absolute atomic E-state index is 12.0. The third-order valence-corrected chi connectivity index (χ3v) is 3.16. The summed E-state index contributed by atoms with van der Waals surface area (Å²) in [5.41, 5.74) is 1.21. The van der Waals surface area contributed by atoms with Gasteiger partial charge in [-0.25, -0.2) is 0 Å². The molecule has 2 rings (SSSR count). The summed E-state index contributed by atoms with van der Waals surface area (Å²) in [7, 11) is 1.86. The molecule has 2 aromatic heterocycles. The average Bonchev–Trinajstić information content (AvgIpc) is 2.96. The van der Waals surface area contributed by atoms with Crippen LogP contribution in [0.4, 0.5) is 0 Å². The molecular weight excluding hydrogens is 238 g/mol. The van der Waals surface area contributed by atoms with E-state index in [0.717, 1.165) is 19.5 Å². The number of likely N-dealkylation sites (N-methyl/N-ethyl adjacent to an activating group) is 1. The second-order valence-corrected chi connectivity index (χ2v) is 4.59. The van der Waals surface area contributed by atoms with Gasteiger partial charge in [-0.05, 0) is 36.2 Å². The highest BCUT2D eigenvalue weighted by Crippen LogP contribution is 2.01. The molecule has 2 heterocycles. The van der Waals surface area contributed by atoms with Crippen molar-refractivity contribution in [3.05, 3.63) is 54.6 Å². The molecule has 0 saturated carbocycles. The van der Waals surface area contributed by atoms with Crippen molar-refractivity contribution in [1.29, 1.82) is 0 Å². The molecule has 0 fully saturated rings. The Bertz CT molecular complexity index is 493. The number of nitrogens with zero attached hydrogens (tertiary/aromatic N) is 3. The van der Waals surface area contributed by atoms with Crippen LogP contribution in [-0.4, -0.2) is 34.0 Å². The maximum atomic E-state index is 12.0. The van der Waals surface area contributed by atoms with Gasteiger partial charge in [0.05, 0.1) is 0 Å². The van der Waals surface area contributed by atoms with Gasteiger partial charge in [-0.15, -0.1) is 0 Å². The summed E-state index contributed by atoms with van der Waals surface area (Å²) in [6, 6.07) is 7.91. The van der Waals surface area contributed by atoms with Crippen LogP contribution in [0.3, 0.4) is 0 Å². The molecule has 0 spiro atoms. The second kappa shape index (κ2) is 6.73. The molecule has 0 bridgehead atoms. The van der Waals surface area contributed by atoms with Gasteiger partial charge in [-0.1, -0.05) is 0 Å². The molecule has 0 unspecified atom stereocenters. The first kappa shape index (κ1) is 13.3. The number of rotatable bonds is 6. The topological polar surface area (TPSA) is 38.1 Å². The minimum atomic E-state index is 0.183. The van der Waals surface area contributed by atoms with Crippen LogP contribution in [0.15, 0.2) is 49.1 Å². The van der Waals surface area contributed by atoms with Crippen LogP contribution in [-0.2, 0) is 17.8 Å². The van der Waals surface area contributed by atoms with Gasteiger partial charge in [0.15, 0.2) is 0 Å². The summed E-state index contributed by atoms with van der Waals surface area (Å²) in [6.07, 6.45) is 8.93. The van der Waals surface area contributed by atoms with Crippen molar-refractivity contribution in [2.24, 2.45) is 0 Å². The average molecular weight is 257 g/mol. The third-order valence-electron chi connectivity index (χ3n) is 3.16. The fraction of sp³-hybridized carbons (Fsp3) is 0.333. The Hall–Kier alpha value is -2.10. The van der Waals surface area contributed by atoms with Gasteiger partial charge >= 0.3 is 0 Å². The zero-order valence-corrected chi connectivity index (χ0v) is 11.2. The molecule has 0 aliphatic heterocycles. The largest absolute Gasteiger partial charge is 0.354 e. The SMILES string of the molecule is CN(CCc1ccncc1)C(=O)CCn1cccc1. The summed E-state index contributed by atoms with van der Waals surface area (Å²) in [5, 5.41) is 0. The number of aromatic nitrogens is 2. The number of amides is 1. The van der Waals surface area contributed by atoms with Gasteiger partial charge < -0.3 is 9.47 Å². The van der Waals surface area contributed by atoms with Gasteiger partial charge in [-0.2, -0.15) is 0 Å². The zero-order chi connectivity index (χ0) is 13.5. The van der Waals surface area contributed by atoms with E-state index in [2.05, 4.69) is 4.98 Å². The molecule has 0 aliphatic rings. The standard InChI is InChI=1S/C15H19N3O/c1-17(12-6-14-4-8-16-9-5-14)15(19)7-13-18-10-2-3-11-18/h2-5,8-11H,6-7,12-13H2,1H3. The van der Waals surface area contributed by atoms with E-state index in [0.29, 0.717) is 6.42 Å². The Morgan fingerprint density at radius 3 is 2.63 bits per heavy atom. The molecule has 0 aromatic carbocycles. The quantitative estimate of drug-likeness (QED) is 0.793. The summed E-state index contributed by atoms with van der Waals surface area (Å²) < 4.78 is 2.02. The molecule has 2 aromatic rings. The van der Waals surface area contributed by atoms with Crippen LogP contribution in [0.1, 0.15) is 12.0 Å². The Kier molecular flexibility index (Phi) is 4.72. The van der Waals surface area contributed by atoms with Crippen LogP contribution in [0.5, 0.6) is 0 Å². The van der Waals surface area contributed by atoms with Crippen molar-refractivity contribution < 1.29 is 4.79 Å². The minimum Gasteiger partial charge on any atom is -0.354 e. The number of pyridine rings is 1. The molecule has 0 N–H and O–H groups in total. The molecule has 0 saturated heterocycles. The van der Waals surface area contributed by atoms with Crippen molar-refractivity contribution in [3.8, 4) is 0 Å². The second-order valence-electron chi connectivity index (χ2n) is 4.59. The highest BCUT2D eigenvalue weighted by molar-refractivity contribution is 5.75. The Morgan fingerprint density at radius 1 is 1.26 bits per heavy atom. The molecule has 1 amide bonds. The predicted octanol–water partition coefficient (Wildman–Crippen LogP) is 1.97. The van der Waals surface area contributed by atoms with E-state index < -0.39 is 0 Å². The van der Waals surface area contributed by atoms with E-state index in [1.807, 2.05) is 48.3 Å². The minimum absolute atomic E-state index is 0.183. The summed E-state index contributed by atoms with van der Waals surface area (Å²) in [5.74, 6) is 0.183. The number of carbonyl (C=O) groups excluding carboxylic acids is 1. The maximum Gasteiger partial charge on any atom is 0.224 e. The van der Waals surface area contributed by atoms with E-state index in [1.165, 1.54) is 5.56 Å². The number of hydrogen-bond acceptors (Lipinski definition) is 2. The Balaban J connectivity index is 1.73. The van der Waals surface area contributed by atoms with Crippen LogP contribution in [0, 0.1) is 0 Å². The van der Waals surface area contributed by atoms with Crippen molar-refractivity contribution in [2.75, 3.05) is 13.6 Å². The van der Waals surface area contributed by atoms with E-state index in [9.17, 15) is 4.79 Å². The van der Waals surface area contributed by atoms with Gasteiger partial charge in [0.25, 0.3) is 0 Å². The first-order chi connectivity index (χ1) is 9.25. The molecule has 4 heteroatoms. The molecule has 0 aliphatic carbocycles. The molecule has 0 atom stereocenters. The fourth-order valence-electron chi connectivity index (χ4n) is 1.91. The first-order valence-electron chi connectivity index (χ1n) is 6.49. The van der Waals surface area contributed by atoms with E-state index in [4.69, 9.17) is 0 Å². The van der Waals surface area contributed by atoms with Crippen molar-refractivity contribution in [1.82, 2.24) is 14.5 Å². The van der Waals surface area contributed by atoms with Crippen LogP contribution in [0.25, 0.3) is 0 Å². The summed E-state index contributed by atoms with van der Waals surface area (Å²) in [6.45, 7) is 1.49. The van der Waals surface area contributed by atoms with Crippen molar-refractivity contribution >= 4 is 5.91 Å². The summed E-state index contributed by atoms with van der Waals surface area (Å²) >= 11 is 0. The smallest absolute Gasteiger partial charge is 0.224 e. The Morgan fingerprint density at radius 2 is 1.95 bits per heavy atom. The van der Waals surface area contributed by atoms with E-state index in [-0.39, 0.29) is 5.91 Å². The van der Waals surface area contributed by atoms with Crippen LogP contribution in [0.2, 0.25) is 0 Å². The molecule has 0 radical (unpaired) electrons. The van der Waals surface area contributed by atoms with E-state index in [1.54, 1.807) is 17.3 Å². The Labute approximate surface area is 113 Å². The third kappa shape index (κ3) is 4.25. The van der Waals surface area contributed by atoms with Gasteiger partial charge in [0.2, 0.25) is 5.91 Å². The number of aryl methyl sites for hydroxylation is 1. The molecule has 100 valence electrons. The van der Waals surface area contributed by atoms with Crippen LogP contribution >= 0.6 is 0 Å². The number of carbonyl (C=O) groups is 1. The highest BCUT2D eigenvalue weighted by Gasteiger charge is 2.08. The fourth-order valence-corrected chi connectivity index (χ4v) is 1.91. The molecule has 4 nitrogen and oxygen atoms in total. The molecular formula is C15H19N3O.